The van der Waals surface area contributed by atoms with E-state index >= 15 is 0 Å². The molecular formula is C25H35N5O2. The second-order valence-electron chi connectivity index (χ2n) is 9.74. The summed E-state index contributed by atoms with van der Waals surface area (Å²) in [5.74, 6) is 6.63. The molecule has 0 saturated carbocycles. The van der Waals surface area contributed by atoms with E-state index < -0.39 is 5.60 Å². The predicted molar refractivity (Wildman–Crippen MR) is 130 cm³/mol. The summed E-state index contributed by atoms with van der Waals surface area (Å²) in [6.07, 6.45) is 4.55. The van der Waals surface area contributed by atoms with Crippen LogP contribution in [0.5, 0.6) is 0 Å². The van der Waals surface area contributed by atoms with Gasteiger partial charge in [-0.05, 0) is 57.2 Å². The first-order valence-electron chi connectivity index (χ1n) is 11.3. The number of rotatable bonds is 6. The van der Waals surface area contributed by atoms with Gasteiger partial charge in [0.1, 0.15) is 0 Å². The van der Waals surface area contributed by atoms with Gasteiger partial charge in [-0.1, -0.05) is 12.1 Å². The molecule has 0 amide bonds. The third kappa shape index (κ3) is 4.60. The van der Waals surface area contributed by atoms with E-state index in [1.807, 2.05) is 27.0 Å². The maximum absolute atomic E-state index is 10.3. The first-order valence-corrected chi connectivity index (χ1v) is 11.3. The molecule has 0 bridgehead atoms. The number of aromatic nitrogens is 2. The number of nitrogens with two attached hydrogens (primary N) is 2. The molecule has 3 heterocycles. The van der Waals surface area contributed by atoms with Gasteiger partial charge in [0.15, 0.2) is 0 Å². The third-order valence-corrected chi connectivity index (χ3v) is 6.18. The van der Waals surface area contributed by atoms with E-state index in [0.717, 1.165) is 71.4 Å². The van der Waals surface area contributed by atoms with E-state index in [0.29, 0.717) is 18.0 Å². The van der Waals surface area contributed by atoms with Gasteiger partial charge in [-0.15, -0.1) is 0 Å². The van der Waals surface area contributed by atoms with Gasteiger partial charge in [-0.2, -0.15) is 0 Å². The van der Waals surface area contributed by atoms with Crippen LogP contribution < -0.4 is 11.6 Å². The van der Waals surface area contributed by atoms with Crippen molar-refractivity contribution in [2.24, 2.45) is 17.5 Å². The van der Waals surface area contributed by atoms with Crippen LogP contribution in [0.15, 0.2) is 36.2 Å². The smallest absolute Gasteiger partial charge is 0.0960 e. The maximum atomic E-state index is 10.3. The van der Waals surface area contributed by atoms with E-state index in [1.165, 1.54) is 0 Å². The zero-order chi connectivity index (χ0) is 23.0. The van der Waals surface area contributed by atoms with Crippen molar-refractivity contribution < 1.29 is 9.84 Å². The summed E-state index contributed by atoms with van der Waals surface area (Å²) in [4.78, 5) is 4.85. The summed E-state index contributed by atoms with van der Waals surface area (Å²) in [5, 5.41) is 13.0. The lowest BCUT2D eigenvalue weighted by Crippen LogP contribution is -2.26. The van der Waals surface area contributed by atoms with Crippen LogP contribution in [0.25, 0.3) is 27.6 Å². The highest BCUT2D eigenvalue weighted by Gasteiger charge is 2.21. The standard InChI is InChI=1S/C25H35N5O2/c1-16(26)24(29(4)27)19-12-22-23(28-14-19)20-6-5-18(13-25(2,3)31)11-21(20)30(22)15-17-7-9-32-10-8-17/h5-6,11-12,14,17,31H,7-10,13,15,26-27H2,1-4H3/b24-16-. The van der Waals surface area contributed by atoms with Crippen LogP contribution in [0.2, 0.25) is 0 Å². The molecular weight excluding hydrogens is 402 g/mol. The first-order chi connectivity index (χ1) is 15.1. The number of ether oxygens (including phenoxy) is 1. The number of aliphatic hydroxyl groups is 1. The number of hydrazine groups is 1. The number of hydrogen-bond donors (Lipinski definition) is 3. The minimum Gasteiger partial charge on any atom is -0.401 e. The Bertz CT molecular complexity index is 1150. The fourth-order valence-corrected chi connectivity index (χ4v) is 4.83. The van der Waals surface area contributed by atoms with Gasteiger partial charge in [0.2, 0.25) is 0 Å². The lowest BCUT2D eigenvalue weighted by molar-refractivity contribution is 0.0619. The zero-order valence-electron chi connectivity index (χ0n) is 19.6. The molecule has 2 aromatic heterocycles. The lowest BCUT2D eigenvalue weighted by atomic mass is 9.97. The van der Waals surface area contributed by atoms with Crippen LogP contribution in [0, 0.1) is 5.92 Å². The van der Waals surface area contributed by atoms with Crippen LogP contribution in [0.3, 0.4) is 0 Å². The molecule has 1 aliphatic rings. The Kier molecular flexibility index (Phi) is 6.16. The monoisotopic (exact) mass is 437 g/mol. The van der Waals surface area contributed by atoms with Crippen molar-refractivity contribution in [3.05, 3.63) is 47.3 Å². The van der Waals surface area contributed by atoms with Gasteiger partial charge in [-0.25, -0.2) is 5.84 Å². The molecule has 0 spiro atoms. The molecule has 1 aliphatic heterocycles. The fraction of sp³-hybridized carbons (Fsp3) is 0.480. The van der Waals surface area contributed by atoms with E-state index in [1.54, 1.807) is 12.1 Å². The summed E-state index contributed by atoms with van der Waals surface area (Å²) in [5.41, 5.74) is 12.0. The largest absolute Gasteiger partial charge is 0.401 e. The van der Waals surface area contributed by atoms with Crippen LogP contribution in [-0.2, 0) is 17.7 Å². The Morgan fingerprint density at radius 3 is 2.59 bits per heavy atom. The molecule has 0 unspecified atom stereocenters. The molecule has 7 nitrogen and oxygen atoms in total. The van der Waals surface area contributed by atoms with Crippen LogP contribution >= 0.6 is 0 Å². The second kappa shape index (κ2) is 8.73. The number of allylic oxidation sites excluding steroid dienone is 1. The second-order valence-corrected chi connectivity index (χ2v) is 9.74. The van der Waals surface area contributed by atoms with Crippen LogP contribution in [-0.4, -0.2) is 45.5 Å². The summed E-state index contributed by atoms with van der Waals surface area (Å²) < 4.78 is 7.96. The minimum absolute atomic E-state index is 0.549. The predicted octanol–water partition coefficient (Wildman–Crippen LogP) is 3.38. The van der Waals surface area contributed by atoms with Gasteiger partial charge in [-0.3, -0.25) is 4.98 Å². The highest BCUT2D eigenvalue weighted by Crippen LogP contribution is 2.33. The third-order valence-electron chi connectivity index (χ3n) is 6.18. The van der Waals surface area contributed by atoms with Gasteiger partial charge in [0.05, 0.1) is 27.8 Å². The molecule has 7 heteroatoms. The molecule has 0 aliphatic carbocycles. The molecule has 3 aromatic rings. The SMILES string of the molecule is C/C(N)=C(\c1cnc2c3ccc(CC(C)(C)O)cc3n(CC3CCOCC3)c2c1)N(C)N. The summed E-state index contributed by atoms with van der Waals surface area (Å²) in [6.45, 7) is 8.06. The van der Waals surface area contributed by atoms with E-state index in [4.69, 9.17) is 21.3 Å². The minimum atomic E-state index is -0.763. The highest BCUT2D eigenvalue weighted by atomic mass is 16.5. The molecule has 1 saturated heterocycles. The van der Waals surface area contributed by atoms with Gasteiger partial charge < -0.3 is 25.2 Å². The molecule has 32 heavy (non-hydrogen) atoms. The van der Waals surface area contributed by atoms with Crippen molar-refractivity contribution in [2.45, 2.75) is 52.2 Å². The fourth-order valence-electron chi connectivity index (χ4n) is 4.83. The van der Waals surface area contributed by atoms with Gasteiger partial charge >= 0.3 is 0 Å². The molecule has 5 N–H and O–H groups in total. The summed E-state index contributed by atoms with van der Waals surface area (Å²) in [7, 11) is 1.79. The van der Waals surface area contributed by atoms with Crippen LogP contribution in [0.4, 0.5) is 0 Å². The molecule has 1 aromatic carbocycles. The quantitative estimate of drug-likeness (QED) is 0.404. The summed E-state index contributed by atoms with van der Waals surface area (Å²) in [6, 6.07) is 8.57. The first kappa shape index (κ1) is 22.6. The Balaban J connectivity index is 1.91. The molecule has 1 fully saturated rings. The molecule has 4 rings (SSSR count). The number of hydrogen-bond acceptors (Lipinski definition) is 6. The average Bonchev–Trinajstić information content (AvgIpc) is 3.00. The number of benzene rings is 1. The number of nitrogens with zero attached hydrogens (tertiary/aromatic N) is 3. The lowest BCUT2D eigenvalue weighted by Gasteiger charge is -2.24. The van der Waals surface area contributed by atoms with Crippen molar-refractivity contribution in [3.63, 3.8) is 0 Å². The van der Waals surface area contributed by atoms with Crippen molar-refractivity contribution >= 4 is 27.6 Å². The summed E-state index contributed by atoms with van der Waals surface area (Å²) >= 11 is 0. The molecule has 0 atom stereocenters. The highest BCUT2D eigenvalue weighted by molar-refractivity contribution is 6.06. The van der Waals surface area contributed by atoms with E-state index in [-0.39, 0.29) is 0 Å². The van der Waals surface area contributed by atoms with Crippen LogP contribution in [0.1, 0.15) is 44.7 Å². The normalized spacial score (nSPS) is 16.6. The maximum Gasteiger partial charge on any atom is 0.0960 e. The number of fused-ring (bicyclic) bond motifs is 3. The Labute approximate surface area is 189 Å². The van der Waals surface area contributed by atoms with E-state index in [2.05, 4.69) is 28.8 Å². The Hall–Kier alpha value is -2.61. The zero-order valence-corrected chi connectivity index (χ0v) is 19.6. The van der Waals surface area contributed by atoms with Gasteiger partial charge in [0.25, 0.3) is 0 Å². The Morgan fingerprint density at radius 2 is 1.97 bits per heavy atom. The topological polar surface area (TPSA) is 103 Å². The van der Waals surface area contributed by atoms with E-state index in [9.17, 15) is 5.11 Å². The Morgan fingerprint density at radius 1 is 1.25 bits per heavy atom. The van der Waals surface area contributed by atoms with Crippen molar-refractivity contribution in [3.8, 4) is 0 Å². The van der Waals surface area contributed by atoms with Crippen molar-refractivity contribution in [1.82, 2.24) is 14.6 Å². The van der Waals surface area contributed by atoms with Crippen molar-refractivity contribution in [1.29, 1.82) is 0 Å². The van der Waals surface area contributed by atoms with Crippen molar-refractivity contribution in [2.75, 3.05) is 20.3 Å². The molecule has 0 radical (unpaired) electrons. The van der Waals surface area contributed by atoms with Gasteiger partial charge in [0, 0.05) is 56.1 Å². The number of pyridine rings is 1. The molecule has 172 valence electrons. The average molecular weight is 438 g/mol.